The van der Waals surface area contributed by atoms with E-state index in [1.54, 1.807) is 24.3 Å². The molecule has 0 aromatic heterocycles. The number of nitrogens with one attached hydrogen (secondary N) is 1. The van der Waals surface area contributed by atoms with Crippen LogP contribution in [-0.4, -0.2) is 23.5 Å². The lowest BCUT2D eigenvalue weighted by Gasteiger charge is -2.14. The molecule has 5 heteroatoms. The summed E-state index contributed by atoms with van der Waals surface area (Å²) >= 11 is 0. The van der Waals surface area contributed by atoms with Crippen molar-refractivity contribution in [1.29, 1.82) is 0 Å². The molecule has 0 bridgehead atoms. The van der Waals surface area contributed by atoms with Crippen LogP contribution in [0.1, 0.15) is 25.3 Å². The van der Waals surface area contributed by atoms with Gasteiger partial charge in [0.25, 0.3) is 0 Å². The van der Waals surface area contributed by atoms with E-state index in [0.717, 1.165) is 12.8 Å². The van der Waals surface area contributed by atoms with Gasteiger partial charge in [0.2, 0.25) is 5.91 Å². The Morgan fingerprint density at radius 2 is 2.16 bits per heavy atom. The molecule has 0 aliphatic rings. The first-order valence-electron chi connectivity index (χ1n) is 6.38. The molecule has 1 aromatic rings. The van der Waals surface area contributed by atoms with Gasteiger partial charge in [-0.05, 0) is 24.1 Å². The fourth-order valence-electron chi connectivity index (χ4n) is 1.88. The number of aliphatic carboxylic acids is 1. The van der Waals surface area contributed by atoms with Gasteiger partial charge in [0.15, 0.2) is 0 Å². The van der Waals surface area contributed by atoms with Gasteiger partial charge >= 0.3 is 5.97 Å². The standard InChI is InChI=1S/C14H20N2O3/c1-2-4-11(9-15)14(19)16-12-6-3-5-10(7-12)8-13(17)18/h3,5-7,11H,2,4,8-9,15H2,1H3,(H,16,19)(H,17,18). The van der Waals surface area contributed by atoms with Crippen LogP contribution in [0.3, 0.4) is 0 Å². The SMILES string of the molecule is CCCC(CN)C(=O)Nc1cccc(CC(=O)O)c1. The maximum atomic E-state index is 12.0. The number of anilines is 1. The summed E-state index contributed by atoms with van der Waals surface area (Å²) in [6.07, 6.45) is 1.59. The molecule has 0 spiro atoms. The smallest absolute Gasteiger partial charge is 0.307 e. The Hall–Kier alpha value is -1.88. The third kappa shape index (κ3) is 5.09. The average molecular weight is 264 g/mol. The summed E-state index contributed by atoms with van der Waals surface area (Å²) in [6, 6.07) is 6.86. The molecule has 1 amide bonds. The number of benzene rings is 1. The van der Waals surface area contributed by atoms with Crippen molar-refractivity contribution in [2.45, 2.75) is 26.2 Å². The molecule has 0 aliphatic heterocycles. The predicted octanol–water partition coefficient (Wildman–Crippen LogP) is 1.63. The molecule has 104 valence electrons. The van der Waals surface area contributed by atoms with Crippen LogP contribution < -0.4 is 11.1 Å². The van der Waals surface area contributed by atoms with Crippen LogP contribution >= 0.6 is 0 Å². The van der Waals surface area contributed by atoms with Crippen molar-refractivity contribution in [1.82, 2.24) is 0 Å². The highest BCUT2D eigenvalue weighted by Crippen LogP contribution is 2.14. The second-order valence-corrected chi connectivity index (χ2v) is 4.48. The third-order valence-electron chi connectivity index (χ3n) is 2.84. The van der Waals surface area contributed by atoms with Crippen LogP contribution in [0.4, 0.5) is 5.69 Å². The van der Waals surface area contributed by atoms with E-state index in [4.69, 9.17) is 10.8 Å². The molecule has 0 aliphatic carbocycles. The predicted molar refractivity (Wildman–Crippen MR) is 73.9 cm³/mol. The first-order chi connectivity index (χ1) is 9.06. The highest BCUT2D eigenvalue weighted by molar-refractivity contribution is 5.92. The molecule has 0 radical (unpaired) electrons. The molecule has 4 N–H and O–H groups in total. The van der Waals surface area contributed by atoms with Crippen molar-refractivity contribution < 1.29 is 14.7 Å². The number of carbonyl (C=O) groups is 2. The Morgan fingerprint density at radius 1 is 1.42 bits per heavy atom. The fraction of sp³-hybridized carbons (Fsp3) is 0.429. The minimum atomic E-state index is -0.894. The van der Waals surface area contributed by atoms with Crippen LogP contribution in [-0.2, 0) is 16.0 Å². The largest absolute Gasteiger partial charge is 0.481 e. The van der Waals surface area contributed by atoms with E-state index in [1.165, 1.54) is 0 Å². The zero-order valence-electron chi connectivity index (χ0n) is 11.1. The van der Waals surface area contributed by atoms with Crippen LogP contribution in [0.2, 0.25) is 0 Å². The van der Waals surface area contributed by atoms with E-state index in [2.05, 4.69) is 5.32 Å². The number of carboxylic acid groups (broad SMARTS) is 1. The Labute approximate surface area is 112 Å². The number of hydrogen-bond donors (Lipinski definition) is 3. The number of hydrogen-bond acceptors (Lipinski definition) is 3. The van der Waals surface area contributed by atoms with Crippen molar-refractivity contribution in [2.24, 2.45) is 11.7 Å². The second kappa shape index (κ2) is 7.53. The molecule has 0 fully saturated rings. The fourth-order valence-corrected chi connectivity index (χ4v) is 1.88. The zero-order valence-corrected chi connectivity index (χ0v) is 11.1. The number of amides is 1. The highest BCUT2D eigenvalue weighted by Gasteiger charge is 2.15. The normalized spacial score (nSPS) is 11.9. The molecule has 5 nitrogen and oxygen atoms in total. The molecule has 0 saturated carbocycles. The van der Waals surface area contributed by atoms with Gasteiger partial charge in [-0.3, -0.25) is 9.59 Å². The van der Waals surface area contributed by atoms with Crippen molar-refractivity contribution in [2.75, 3.05) is 11.9 Å². The Bertz CT molecular complexity index is 446. The summed E-state index contributed by atoms with van der Waals surface area (Å²) < 4.78 is 0. The zero-order chi connectivity index (χ0) is 14.3. The monoisotopic (exact) mass is 264 g/mol. The summed E-state index contributed by atoms with van der Waals surface area (Å²) in [4.78, 5) is 22.6. The molecule has 1 atom stereocenters. The topological polar surface area (TPSA) is 92.4 Å². The van der Waals surface area contributed by atoms with Gasteiger partial charge < -0.3 is 16.2 Å². The Kier molecular flexibility index (Phi) is 6.02. The van der Waals surface area contributed by atoms with Gasteiger partial charge in [-0.15, -0.1) is 0 Å². The number of carboxylic acids is 1. The van der Waals surface area contributed by atoms with E-state index < -0.39 is 5.97 Å². The van der Waals surface area contributed by atoms with Gasteiger partial charge in [-0.1, -0.05) is 25.5 Å². The summed E-state index contributed by atoms with van der Waals surface area (Å²) in [5, 5.41) is 11.5. The van der Waals surface area contributed by atoms with Crippen LogP contribution in [0.25, 0.3) is 0 Å². The number of rotatable bonds is 7. The molecule has 1 aromatic carbocycles. The van der Waals surface area contributed by atoms with Crippen molar-refractivity contribution in [3.05, 3.63) is 29.8 Å². The van der Waals surface area contributed by atoms with Gasteiger partial charge in [-0.2, -0.15) is 0 Å². The summed E-state index contributed by atoms with van der Waals surface area (Å²) in [6.45, 7) is 2.32. The lowest BCUT2D eigenvalue weighted by Crippen LogP contribution is -2.29. The maximum absolute atomic E-state index is 12.0. The van der Waals surface area contributed by atoms with Crippen molar-refractivity contribution in [3.63, 3.8) is 0 Å². The summed E-state index contributed by atoms with van der Waals surface area (Å²) in [5.41, 5.74) is 6.84. The quantitative estimate of drug-likeness (QED) is 0.697. The molecule has 0 heterocycles. The molecule has 19 heavy (non-hydrogen) atoms. The van der Waals surface area contributed by atoms with E-state index in [1.807, 2.05) is 6.92 Å². The number of nitrogens with two attached hydrogens (primary N) is 1. The number of carbonyl (C=O) groups excluding carboxylic acids is 1. The van der Waals surface area contributed by atoms with E-state index in [0.29, 0.717) is 17.8 Å². The summed E-state index contributed by atoms with van der Waals surface area (Å²) in [7, 11) is 0. The first-order valence-corrected chi connectivity index (χ1v) is 6.38. The van der Waals surface area contributed by atoms with E-state index in [-0.39, 0.29) is 18.2 Å². The van der Waals surface area contributed by atoms with Crippen molar-refractivity contribution >= 4 is 17.6 Å². The Morgan fingerprint density at radius 3 is 2.74 bits per heavy atom. The molecule has 0 saturated heterocycles. The molecular weight excluding hydrogens is 244 g/mol. The van der Waals surface area contributed by atoms with Crippen LogP contribution in [0.15, 0.2) is 24.3 Å². The summed E-state index contributed by atoms with van der Waals surface area (Å²) in [5.74, 6) is -1.21. The molecule has 1 rings (SSSR count). The van der Waals surface area contributed by atoms with Crippen molar-refractivity contribution in [3.8, 4) is 0 Å². The lowest BCUT2D eigenvalue weighted by atomic mass is 10.0. The van der Waals surface area contributed by atoms with Gasteiger partial charge in [0.05, 0.1) is 12.3 Å². The molecule has 1 unspecified atom stereocenters. The van der Waals surface area contributed by atoms with E-state index >= 15 is 0 Å². The lowest BCUT2D eigenvalue weighted by molar-refractivity contribution is -0.136. The van der Waals surface area contributed by atoms with Gasteiger partial charge in [-0.25, -0.2) is 0 Å². The first kappa shape index (κ1) is 15.2. The van der Waals surface area contributed by atoms with E-state index in [9.17, 15) is 9.59 Å². The third-order valence-corrected chi connectivity index (χ3v) is 2.84. The van der Waals surface area contributed by atoms with Crippen LogP contribution in [0.5, 0.6) is 0 Å². The minimum absolute atomic E-state index is 0.0566. The average Bonchev–Trinajstić information content (AvgIpc) is 2.35. The highest BCUT2D eigenvalue weighted by atomic mass is 16.4. The second-order valence-electron chi connectivity index (χ2n) is 4.48. The minimum Gasteiger partial charge on any atom is -0.481 e. The Balaban J connectivity index is 2.70. The van der Waals surface area contributed by atoms with Crippen LogP contribution in [0, 0.1) is 5.92 Å². The van der Waals surface area contributed by atoms with Gasteiger partial charge in [0, 0.05) is 12.2 Å². The maximum Gasteiger partial charge on any atom is 0.307 e. The van der Waals surface area contributed by atoms with Gasteiger partial charge in [0.1, 0.15) is 0 Å². The molecular formula is C14H20N2O3.